The molecule has 3 nitrogen and oxygen atoms in total. The van der Waals surface area contributed by atoms with Gasteiger partial charge in [0.05, 0.1) is 24.3 Å². The van der Waals surface area contributed by atoms with Crippen molar-refractivity contribution < 1.29 is 13.9 Å². The van der Waals surface area contributed by atoms with Crippen LogP contribution in [0.1, 0.15) is 30.6 Å². The molecule has 0 bridgehead atoms. The van der Waals surface area contributed by atoms with E-state index in [1.54, 1.807) is 11.0 Å². The standard InChI is InChI=1S/C14H17BrFNO2/c1-3-11-8-19-9(2)7-17(11)14(18)12-5-4-10(15)6-13(12)16/h4-6,9,11H,3,7-8H2,1-2H3. The molecule has 0 radical (unpaired) electrons. The predicted molar refractivity (Wildman–Crippen MR) is 74.6 cm³/mol. The normalized spacial score (nSPS) is 23.5. The summed E-state index contributed by atoms with van der Waals surface area (Å²) in [5.41, 5.74) is 0.121. The molecule has 5 heteroatoms. The highest BCUT2D eigenvalue weighted by Gasteiger charge is 2.31. The summed E-state index contributed by atoms with van der Waals surface area (Å²) in [6, 6.07) is 4.54. The second-order valence-electron chi connectivity index (χ2n) is 4.79. The average molecular weight is 330 g/mol. The third kappa shape index (κ3) is 3.15. The van der Waals surface area contributed by atoms with Crippen LogP contribution in [-0.2, 0) is 4.74 Å². The number of rotatable bonds is 2. The summed E-state index contributed by atoms with van der Waals surface area (Å²) in [4.78, 5) is 14.2. The van der Waals surface area contributed by atoms with Crippen molar-refractivity contribution in [2.45, 2.75) is 32.4 Å². The number of carbonyl (C=O) groups is 1. The second kappa shape index (κ2) is 6.01. The molecule has 0 aliphatic carbocycles. The highest BCUT2D eigenvalue weighted by Crippen LogP contribution is 2.21. The van der Waals surface area contributed by atoms with Crippen molar-refractivity contribution in [3.8, 4) is 0 Å². The summed E-state index contributed by atoms with van der Waals surface area (Å²) in [6.07, 6.45) is 0.793. The van der Waals surface area contributed by atoms with Gasteiger partial charge < -0.3 is 9.64 Å². The summed E-state index contributed by atoms with van der Waals surface area (Å²) in [5, 5.41) is 0. The van der Waals surface area contributed by atoms with E-state index in [1.165, 1.54) is 12.1 Å². The molecule has 2 rings (SSSR count). The lowest BCUT2D eigenvalue weighted by Gasteiger charge is -2.38. The quantitative estimate of drug-likeness (QED) is 0.833. The largest absolute Gasteiger partial charge is 0.375 e. The molecular weight excluding hydrogens is 313 g/mol. The minimum Gasteiger partial charge on any atom is -0.375 e. The molecular formula is C14H17BrFNO2. The van der Waals surface area contributed by atoms with Crippen molar-refractivity contribution in [1.29, 1.82) is 0 Å². The van der Waals surface area contributed by atoms with Crippen molar-refractivity contribution in [3.05, 3.63) is 34.1 Å². The third-order valence-electron chi connectivity index (χ3n) is 3.36. The summed E-state index contributed by atoms with van der Waals surface area (Å²) in [6.45, 7) is 4.95. The molecule has 0 spiro atoms. The molecule has 1 fully saturated rings. The fraction of sp³-hybridized carbons (Fsp3) is 0.500. The molecule has 1 aromatic rings. The van der Waals surface area contributed by atoms with Gasteiger partial charge in [0.15, 0.2) is 0 Å². The molecule has 2 atom stereocenters. The van der Waals surface area contributed by atoms with E-state index < -0.39 is 5.82 Å². The predicted octanol–water partition coefficient (Wildman–Crippen LogP) is 3.23. The van der Waals surface area contributed by atoms with Gasteiger partial charge in [-0.05, 0) is 31.5 Å². The zero-order valence-electron chi connectivity index (χ0n) is 11.0. The lowest BCUT2D eigenvalue weighted by molar-refractivity contribution is -0.0445. The monoisotopic (exact) mass is 329 g/mol. The summed E-state index contributed by atoms with van der Waals surface area (Å²) >= 11 is 3.19. The Bertz CT molecular complexity index is 481. The van der Waals surface area contributed by atoms with E-state index in [1.807, 2.05) is 13.8 Å². The molecule has 1 aliphatic rings. The highest BCUT2D eigenvalue weighted by atomic mass is 79.9. The number of hydrogen-bond donors (Lipinski definition) is 0. The van der Waals surface area contributed by atoms with E-state index in [0.717, 1.165) is 6.42 Å². The topological polar surface area (TPSA) is 29.5 Å². The number of ether oxygens (including phenoxy) is 1. The van der Waals surface area contributed by atoms with Crippen LogP contribution >= 0.6 is 15.9 Å². The maximum Gasteiger partial charge on any atom is 0.257 e. The lowest BCUT2D eigenvalue weighted by Crippen LogP contribution is -2.51. The molecule has 19 heavy (non-hydrogen) atoms. The Labute approximate surface area is 120 Å². The fourth-order valence-electron chi connectivity index (χ4n) is 2.25. The van der Waals surface area contributed by atoms with E-state index in [4.69, 9.17) is 4.74 Å². The molecule has 1 heterocycles. The highest BCUT2D eigenvalue weighted by molar-refractivity contribution is 9.10. The van der Waals surface area contributed by atoms with Crippen LogP contribution in [0.4, 0.5) is 4.39 Å². The summed E-state index contributed by atoms with van der Waals surface area (Å²) < 4.78 is 20.1. The first-order valence-electron chi connectivity index (χ1n) is 6.40. The molecule has 1 aliphatic heterocycles. The van der Waals surface area contributed by atoms with Crippen molar-refractivity contribution in [2.75, 3.05) is 13.2 Å². The Balaban J connectivity index is 2.25. The van der Waals surface area contributed by atoms with Crippen molar-refractivity contribution in [3.63, 3.8) is 0 Å². The fourth-order valence-corrected chi connectivity index (χ4v) is 2.58. The van der Waals surface area contributed by atoms with Crippen LogP contribution in [0.2, 0.25) is 0 Å². The smallest absolute Gasteiger partial charge is 0.257 e. The van der Waals surface area contributed by atoms with Gasteiger partial charge in [0.2, 0.25) is 0 Å². The number of benzene rings is 1. The van der Waals surface area contributed by atoms with Gasteiger partial charge in [-0.1, -0.05) is 22.9 Å². The Hall–Kier alpha value is -0.940. The SMILES string of the molecule is CCC1COC(C)CN1C(=O)c1ccc(Br)cc1F. The zero-order chi connectivity index (χ0) is 14.0. The molecule has 1 amide bonds. The third-order valence-corrected chi connectivity index (χ3v) is 3.85. The van der Waals surface area contributed by atoms with Crippen LogP contribution in [0.3, 0.4) is 0 Å². The Kier molecular flexibility index (Phi) is 4.58. The average Bonchev–Trinajstić information content (AvgIpc) is 2.38. The number of amides is 1. The molecule has 0 saturated carbocycles. The number of morpholine rings is 1. The summed E-state index contributed by atoms with van der Waals surface area (Å²) in [5.74, 6) is -0.750. The van der Waals surface area contributed by atoms with Gasteiger partial charge in [-0.15, -0.1) is 0 Å². The molecule has 2 unspecified atom stereocenters. The van der Waals surface area contributed by atoms with Crippen LogP contribution in [-0.4, -0.2) is 36.1 Å². The molecule has 0 aromatic heterocycles. The van der Waals surface area contributed by atoms with Crippen LogP contribution in [0.15, 0.2) is 22.7 Å². The van der Waals surface area contributed by atoms with Gasteiger partial charge in [-0.3, -0.25) is 4.79 Å². The van der Waals surface area contributed by atoms with E-state index in [9.17, 15) is 9.18 Å². The number of carbonyl (C=O) groups excluding carboxylic acids is 1. The van der Waals surface area contributed by atoms with E-state index in [0.29, 0.717) is 17.6 Å². The van der Waals surface area contributed by atoms with E-state index in [2.05, 4.69) is 15.9 Å². The van der Waals surface area contributed by atoms with Gasteiger partial charge in [-0.2, -0.15) is 0 Å². The number of hydrogen-bond acceptors (Lipinski definition) is 2. The Morgan fingerprint density at radius 1 is 1.58 bits per heavy atom. The summed E-state index contributed by atoms with van der Waals surface area (Å²) in [7, 11) is 0. The van der Waals surface area contributed by atoms with Gasteiger partial charge in [-0.25, -0.2) is 4.39 Å². The first kappa shape index (κ1) is 14.5. The Morgan fingerprint density at radius 2 is 2.32 bits per heavy atom. The lowest BCUT2D eigenvalue weighted by atomic mass is 10.1. The second-order valence-corrected chi connectivity index (χ2v) is 5.70. The Morgan fingerprint density at radius 3 is 2.95 bits per heavy atom. The minimum atomic E-state index is -0.492. The molecule has 104 valence electrons. The zero-order valence-corrected chi connectivity index (χ0v) is 12.6. The van der Waals surface area contributed by atoms with Gasteiger partial charge >= 0.3 is 0 Å². The molecule has 1 saturated heterocycles. The minimum absolute atomic E-state index is 0.00902. The maximum absolute atomic E-state index is 13.9. The first-order valence-corrected chi connectivity index (χ1v) is 7.19. The van der Waals surface area contributed by atoms with Crippen molar-refractivity contribution in [1.82, 2.24) is 4.90 Å². The number of halogens is 2. The van der Waals surface area contributed by atoms with E-state index >= 15 is 0 Å². The van der Waals surface area contributed by atoms with Crippen molar-refractivity contribution >= 4 is 21.8 Å². The van der Waals surface area contributed by atoms with Crippen LogP contribution in [0, 0.1) is 5.82 Å². The molecule has 0 N–H and O–H groups in total. The molecule has 1 aromatic carbocycles. The maximum atomic E-state index is 13.9. The van der Waals surface area contributed by atoms with Crippen LogP contribution in [0.25, 0.3) is 0 Å². The van der Waals surface area contributed by atoms with Gasteiger partial charge in [0.25, 0.3) is 5.91 Å². The number of nitrogens with zero attached hydrogens (tertiary/aromatic N) is 1. The first-order chi connectivity index (χ1) is 9.02. The van der Waals surface area contributed by atoms with Crippen LogP contribution < -0.4 is 0 Å². The van der Waals surface area contributed by atoms with Crippen LogP contribution in [0.5, 0.6) is 0 Å². The van der Waals surface area contributed by atoms with Gasteiger partial charge in [0.1, 0.15) is 5.82 Å². The van der Waals surface area contributed by atoms with E-state index in [-0.39, 0.29) is 23.6 Å². The van der Waals surface area contributed by atoms with Crippen molar-refractivity contribution in [2.24, 2.45) is 0 Å². The van der Waals surface area contributed by atoms with Gasteiger partial charge in [0, 0.05) is 11.0 Å².